The van der Waals surface area contributed by atoms with E-state index in [1.165, 1.54) is 12.1 Å². The molecule has 1 heterocycles. The highest BCUT2D eigenvalue weighted by Crippen LogP contribution is 2.34. The van der Waals surface area contributed by atoms with Gasteiger partial charge in [0.25, 0.3) is 0 Å². The highest BCUT2D eigenvalue weighted by Gasteiger charge is 2.30. The topological polar surface area (TPSA) is 48.1 Å². The van der Waals surface area contributed by atoms with Gasteiger partial charge in [0.15, 0.2) is 0 Å². The smallest absolute Gasteiger partial charge is 0.416 e. The fraction of sp³-hybridized carbons (Fsp3) is 0.118. The number of halogens is 3. The number of aromatic nitrogens is 1. The summed E-state index contributed by atoms with van der Waals surface area (Å²) in [5.74, 6) is 0.841. The summed E-state index contributed by atoms with van der Waals surface area (Å²) >= 11 is 0. The minimum absolute atomic E-state index is 0.323. The monoisotopic (exact) mass is 318 g/mol. The van der Waals surface area contributed by atoms with Crippen molar-refractivity contribution >= 4 is 10.8 Å². The summed E-state index contributed by atoms with van der Waals surface area (Å²) in [6.07, 6.45) is -1.06. The van der Waals surface area contributed by atoms with Gasteiger partial charge in [-0.25, -0.2) is 0 Å². The Kier molecular flexibility index (Phi) is 3.92. The number of alkyl halides is 3. The van der Waals surface area contributed by atoms with Crippen molar-refractivity contribution in [2.75, 3.05) is 0 Å². The number of nitrogens with zero attached hydrogens (tertiary/aromatic N) is 1. The molecule has 0 amide bonds. The highest BCUT2D eigenvalue weighted by molar-refractivity contribution is 5.90. The van der Waals surface area contributed by atoms with Crippen LogP contribution in [0.25, 0.3) is 10.8 Å². The van der Waals surface area contributed by atoms with Crippen LogP contribution >= 0.6 is 0 Å². The maximum atomic E-state index is 12.6. The van der Waals surface area contributed by atoms with Crippen LogP contribution in [0.5, 0.6) is 11.5 Å². The van der Waals surface area contributed by atoms with E-state index in [4.69, 9.17) is 10.5 Å². The van der Waals surface area contributed by atoms with Gasteiger partial charge in [0.2, 0.25) is 0 Å². The van der Waals surface area contributed by atoms with Crippen molar-refractivity contribution in [3.05, 3.63) is 66.0 Å². The molecular weight excluding hydrogens is 305 g/mol. The zero-order valence-electron chi connectivity index (χ0n) is 12.0. The van der Waals surface area contributed by atoms with Gasteiger partial charge >= 0.3 is 6.18 Å². The predicted molar refractivity (Wildman–Crippen MR) is 81.2 cm³/mol. The van der Waals surface area contributed by atoms with Crippen molar-refractivity contribution in [3.63, 3.8) is 0 Å². The molecule has 0 unspecified atom stereocenters. The fourth-order valence-corrected chi connectivity index (χ4v) is 2.33. The third kappa shape index (κ3) is 3.12. The molecule has 0 saturated carbocycles. The lowest BCUT2D eigenvalue weighted by Crippen LogP contribution is -2.04. The average Bonchev–Trinajstić information content (AvgIpc) is 2.55. The molecule has 0 radical (unpaired) electrons. The molecule has 3 nitrogen and oxygen atoms in total. The normalized spacial score (nSPS) is 11.7. The minimum Gasteiger partial charge on any atom is -0.457 e. The SMILES string of the molecule is NCc1ccc(Oc2ccc(C(F)(F)F)cc2)c2cnccc12. The van der Waals surface area contributed by atoms with Crippen molar-refractivity contribution in [1.82, 2.24) is 4.98 Å². The molecule has 6 heteroatoms. The molecule has 0 spiro atoms. The Labute approximate surface area is 130 Å². The van der Waals surface area contributed by atoms with Crippen LogP contribution in [0.4, 0.5) is 13.2 Å². The molecule has 0 atom stereocenters. The van der Waals surface area contributed by atoms with Gasteiger partial charge in [-0.15, -0.1) is 0 Å². The molecule has 1 aromatic heterocycles. The number of rotatable bonds is 3. The van der Waals surface area contributed by atoms with E-state index in [-0.39, 0.29) is 0 Å². The first-order valence-electron chi connectivity index (χ1n) is 6.90. The van der Waals surface area contributed by atoms with Crippen LogP contribution in [0.1, 0.15) is 11.1 Å². The highest BCUT2D eigenvalue weighted by atomic mass is 19.4. The van der Waals surface area contributed by atoms with Crippen LogP contribution in [0.15, 0.2) is 54.9 Å². The Morgan fingerprint density at radius 1 is 0.957 bits per heavy atom. The van der Waals surface area contributed by atoms with E-state index in [0.717, 1.165) is 28.5 Å². The van der Waals surface area contributed by atoms with Gasteiger partial charge in [-0.2, -0.15) is 13.2 Å². The van der Waals surface area contributed by atoms with Crippen molar-refractivity contribution in [3.8, 4) is 11.5 Å². The van der Waals surface area contributed by atoms with Gasteiger partial charge in [0.1, 0.15) is 11.5 Å². The molecule has 0 bridgehead atoms. The molecule has 2 N–H and O–H groups in total. The van der Waals surface area contributed by atoms with E-state index in [1.807, 2.05) is 12.1 Å². The number of fused-ring (bicyclic) bond motifs is 1. The third-order valence-electron chi connectivity index (χ3n) is 3.50. The quantitative estimate of drug-likeness (QED) is 0.773. The maximum absolute atomic E-state index is 12.6. The Balaban J connectivity index is 1.96. The van der Waals surface area contributed by atoms with E-state index in [1.54, 1.807) is 18.5 Å². The van der Waals surface area contributed by atoms with Gasteiger partial charge in [-0.05, 0) is 47.3 Å². The second kappa shape index (κ2) is 5.89. The first kappa shape index (κ1) is 15.3. The first-order valence-corrected chi connectivity index (χ1v) is 6.90. The second-order valence-corrected chi connectivity index (χ2v) is 4.97. The zero-order valence-corrected chi connectivity index (χ0v) is 12.0. The Hall–Kier alpha value is -2.60. The number of benzene rings is 2. The van der Waals surface area contributed by atoms with Crippen LogP contribution < -0.4 is 10.5 Å². The molecule has 23 heavy (non-hydrogen) atoms. The summed E-state index contributed by atoms with van der Waals surface area (Å²) in [6, 6.07) is 9.97. The van der Waals surface area contributed by atoms with Gasteiger partial charge in [0, 0.05) is 24.3 Å². The summed E-state index contributed by atoms with van der Waals surface area (Å²) in [6.45, 7) is 0.376. The van der Waals surface area contributed by atoms with Crippen LogP contribution in [0.2, 0.25) is 0 Å². The van der Waals surface area contributed by atoms with Crippen molar-refractivity contribution < 1.29 is 17.9 Å². The Bertz CT molecular complexity index is 829. The van der Waals surface area contributed by atoms with E-state index in [0.29, 0.717) is 18.0 Å². The number of ether oxygens (including phenoxy) is 1. The van der Waals surface area contributed by atoms with Gasteiger partial charge in [0.05, 0.1) is 5.56 Å². The van der Waals surface area contributed by atoms with Crippen molar-refractivity contribution in [1.29, 1.82) is 0 Å². The molecule has 0 aliphatic heterocycles. The van der Waals surface area contributed by atoms with Crippen LogP contribution in [-0.4, -0.2) is 4.98 Å². The third-order valence-corrected chi connectivity index (χ3v) is 3.50. The van der Waals surface area contributed by atoms with Crippen LogP contribution in [0, 0.1) is 0 Å². The first-order chi connectivity index (χ1) is 11.0. The second-order valence-electron chi connectivity index (χ2n) is 4.97. The molecule has 2 aromatic carbocycles. The number of nitrogens with two attached hydrogens (primary N) is 1. The van der Waals surface area contributed by atoms with E-state index < -0.39 is 11.7 Å². The molecule has 0 aliphatic carbocycles. The minimum atomic E-state index is -4.36. The molecule has 0 saturated heterocycles. The zero-order chi connectivity index (χ0) is 16.4. The predicted octanol–water partition coefficient (Wildman–Crippen LogP) is 4.50. The summed E-state index contributed by atoms with van der Waals surface area (Å²) in [5.41, 5.74) is 5.94. The summed E-state index contributed by atoms with van der Waals surface area (Å²) < 4.78 is 43.4. The van der Waals surface area contributed by atoms with Crippen LogP contribution in [0.3, 0.4) is 0 Å². The maximum Gasteiger partial charge on any atom is 0.416 e. The van der Waals surface area contributed by atoms with Crippen molar-refractivity contribution in [2.24, 2.45) is 5.73 Å². The molecule has 118 valence electrons. The van der Waals surface area contributed by atoms with E-state index >= 15 is 0 Å². The Morgan fingerprint density at radius 2 is 1.70 bits per heavy atom. The summed E-state index contributed by atoms with van der Waals surface area (Å²) in [7, 11) is 0. The van der Waals surface area contributed by atoms with E-state index in [9.17, 15) is 13.2 Å². The van der Waals surface area contributed by atoms with Crippen molar-refractivity contribution in [2.45, 2.75) is 12.7 Å². The summed E-state index contributed by atoms with van der Waals surface area (Å²) in [4.78, 5) is 4.07. The van der Waals surface area contributed by atoms with Gasteiger partial charge < -0.3 is 10.5 Å². The molecule has 3 aromatic rings. The number of pyridine rings is 1. The van der Waals surface area contributed by atoms with Gasteiger partial charge in [-0.3, -0.25) is 4.98 Å². The van der Waals surface area contributed by atoms with Gasteiger partial charge in [-0.1, -0.05) is 6.07 Å². The average molecular weight is 318 g/mol. The number of hydrogen-bond donors (Lipinski definition) is 1. The van der Waals surface area contributed by atoms with Crippen LogP contribution in [-0.2, 0) is 12.7 Å². The summed E-state index contributed by atoms with van der Waals surface area (Å²) in [5, 5.41) is 1.67. The largest absolute Gasteiger partial charge is 0.457 e. The fourth-order valence-electron chi connectivity index (χ4n) is 2.33. The lowest BCUT2D eigenvalue weighted by molar-refractivity contribution is -0.137. The lowest BCUT2D eigenvalue weighted by atomic mass is 10.1. The molecule has 0 fully saturated rings. The molecular formula is C17H13F3N2O. The number of hydrogen-bond acceptors (Lipinski definition) is 3. The van der Waals surface area contributed by atoms with E-state index in [2.05, 4.69) is 4.98 Å². The Morgan fingerprint density at radius 3 is 2.35 bits per heavy atom. The molecule has 3 rings (SSSR count). The lowest BCUT2D eigenvalue weighted by Gasteiger charge is -2.12. The standard InChI is InChI=1S/C17H13F3N2O/c18-17(19,20)12-2-4-13(5-3-12)23-16-6-1-11(9-21)14-7-8-22-10-15(14)16/h1-8,10H,9,21H2. The molecule has 0 aliphatic rings.